The second kappa shape index (κ2) is 4.00. The van der Waals surface area contributed by atoms with Gasteiger partial charge in [0.25, 0.3) is 5.78 Å². The first-order valence-electron chi connectivity index (χ1n) is 6.50. The van der Waals surface area contributed by atoms with Gasteiger partial charge in [-0.25, -0.2) is 9.50 Å². The molecular formula is C14H12N4O2. The molecule has 0 bridgehead atoms. The number of fused-ring (bicyclic) bond motifs is 3. The number of aryl methyl sites for hydroxylation is 1. The smallest absolute Gasteiger partial charge is 0.252 e. The van der Waals surface area contributed by atoms with E-state index < -0.39 is 0 Å². The van der Waals surface area contributed by atoms with Gasteiger partial charge < -0.3 is 4.42 Å². The van der Waals surface area contributed by atoms with Gasteiger partial charge in [-0.15, -0.1) is 0 Å². The van der Waals surface area contributed by atoms with Crippen molar-refractivity contribution in [3.8, 4) is 0 Å². The highest BCUT2D eigenvalue weighted by molar-refractivity contribution is 5.98. The first-order valence-corrected chi connectivity index (χ1v) is 6.50. The van der Waals surface area contributed by atoms with Crippen molar-refractivity contribution in [1.82, 2.24) is 19.6 Å². The maximum absolute atomic E-state index is 12.3. The van der Waals surface area contributed by atoms with E-state index in [1.807, 2.05) is 19.1 Å². The van der Waals surface area contributed by atoms with Crippen LogP contribution in [0, 0.1) is 6.92 Å². The van der Waals surface area contributed by atoms with E-state index in [2.05, 4.69) is 15.1 Å². The number of Topliss-reactive ketones (excluding diaryl/α,β-unsaturated/α-hetero) is 1. The lowest BCUT2D eigenvalue weighted by Gasteiger charge is -2.21. The van der Waals surface area contributed by atoms with Crippen molar-refractivity contribution in [1.29, 1.82) is 0 Å². The summed E-state index contributed by atoms with van der Waals surface area (Å²) >= 11 is 0. The molecule has 0 radical (unpaired) electrons. The lowest BCUT2D eigenvalue weighted by molar-refractivity contribution is 0.0958. The van der Waals surface area contributed by atoms with Crippen LogP contribution in [-0.2, 0) is 6.42 Å². The molecule has 0 N–H and O–H groups in total. The Balaban J connectivity index is 1.88. The van der Waals surface area contributed by atoms with E-state index in [9.17, 15) is 4.79 Å². The van der Waals surface area contributed by atoms with Crippen molar-refractivity contribution >= 4 is 11.6 Å². The van der Waals surface area contributed by atoms with Gasteiger partial charge in [0, 0.05) is 25.0 Å². The number of rotatable bonds is 1. The van der Waals surface area contributed by atoms with Crippen LogP contribution < -0.4 is 0 Å². The van der Waals surface area contributed by atoms with E-state index in [0.29, 0.717) is 30.0 Å². The maximum Gasteiger partial charge on any atom is 0.252 e. The Morgan fingerprint density at radius 3 is 3.10 bits per heavy atom. The quantitative estimate of drug-likeness (QED) is 0.674. The van der Waals surface area contributed by atoms with Gasteiger partial charge in [0.1, 0.15) is 11.6 Å². The van der Waals surface area contributed by atoms with Gasteiger partial charge in [-0.1, -0.05) is 0 Å². The van der Waals surface area contributed by atoms with Gasteiger partial charge in [-0.05, 0) is 19.1 Å². The molecule has 0 fully saturated rings. The second-order valence-electron chi connectivity index (χ2n) is 5.03. The fraction of sp³-hybridized carbons (Fsp3) is 0.286. The standard InChI is InChI=1S/C14H12N4O2/c1-8-16-14-15-7-10-11(18(14)17-8)5-9(6-12(10)19)13-3-2-4-20-13/h2-4,7,9H,5-6H2,1H3/t9-/m1/s1. The fourth-order valence-corrected chi connectivity index (χ4v) is 2.77. The van der Waals surface area contributed by atoms with Crippen molar-refractivity contribution in [2.75, 3.05) is 0 Å². The van der Waals surface area contributed by atoms with E-state index >= 15 is 0 Å². The summed E-state index contributed by atoms with van der Waals surface area (Å²) in [7, 11) is 0. The second-order valence-corrected chi connectivity index (χ2v) is 5.03. The molecule has 20 heavy (non-hydrogen) atoms. The molecular weight excluding hydrogens is 256 g/mol. The molecule has 3 aromatic heterocycles. The molecule has 3 aromatic rings. The molecule has 0 aromatic carbocycles. The van der Waals surface area contributed by atoms with Crippen molar-refractivity contribution in [3.63, 3.8) is 0 Å². The zero-order valence-corrected chi connectivity index (χ0v) is 10.9. The van der Waals surface area contributed by atoms with Gasteiger partial charge in [0.05, 0.1) is 17.5 Å². The number of hydrogen-bond donors (Lipinski definition) is 0. The van der Waals surface area contributed by atoms with Gasteiger partial charge in [0.2, 0.25) is 0 Å². The van der Waals surface area contributed by atoms with Crippen LogP contribution in [-0.4, -0.2) is 25.4 Å². The van der Waals surface area contributed by atoms with Gasteiger partial charge >= 0.3 is 0 Å². The van der Waals surface area contributed by atoms with Crippen molar-refractivity contribution in [2.45, 2.75) is 25.7 Å². The summed E-state index contributed by atoms with van der Waals surface area (Å²) in [6.07, 6.45) is 4.40. The highest BCUT2D eigenvalue weighted by atomic mass is 16.3. The summed E-state index contributed by atoms with van der Waals surface area (Å²) in [5, 5.41) is 4.34. The average Bonchev–Trinajstić information content (AvgIpc) is 3.06. The SMILES string of the molecule is Cc1nc2ncc3c(n2n1)C[C@@H](c1ccco1)CC3=O. The van der Waals surface area contributed by atoms with Crippen molar-refractivity contribution < 1.29 is 9.21 Å². The Morgan fingerprint density at radius 1 is 1.40 bits per heavy atom. The normalized spacial score (nSPS) is 18.4. The first kappa shape index (κ1) is 11.3. The fourth-order valence-electron chi connectivity index (χ4n) is 2.77. The number of aromatic nitrogens is 4. The molecule has 0 aliphatic heterocycles. The molecule has 1 aliphatic carbocycles. The van der Waals surface area contributed by atoms with Crippen LogP contribution in [0.2, 0.25) is 0 Å². The Labute approximate surface area is 114 Å². The van der Waals surface area contributed by atoms with Crippen LogP contribution in [0.3, 0.4) is 0 Å². The van der Waals surface area contributed by atoms with Crippen LogP contribution in [0.5, 0.6) is 0 Å². The van der Waals surface area contributed by atoms with Crippen molar-refractivity contribution in [3.05, 3.63) is 47.4 Å². The monoisotopic (exact) mass is 268 g/mol. The van der Waals surface area contributed by atoms with Gasteiger partial charge in [-0.3, -0.25) is 4.79 Å². The molecule has 1 atom stereocenters. The number of ketones is 1. The van der Waals surface area contributed by atoms with Crippen LogP contribution in [0.25, 0.3) is 5.78 Å². The highest BCUT2D eigenvalue weighted by Crippen LogP contribution is 2.32. The number of furan rings is 1. The molecule has 3 heterocycles. The minimum Gasteiger partial charge on any atom is -0.469 e. The molecule has 6 heteroatoms. The summed E-state index contributed by atoms with van der Waals surface area (Å²) in [4.78, 5) is 20.7. The van der Waals surface area contributed by atoms with E-state index in [0.717, 1.165) is 11.5 Å². The molecule has 0 amide bonds. The summed E-state index contributed by atoms with van der Waals surface area (Å²) in [5.41, 5.74) is 1.51. The molecule has 100 valence electrons. The Kier molecular flexibility index (Phi) is 2.26. The minimum absolute atomic E-state index is 0.0557. The predicted octanol–water partition coefficient (Wildman–Crippen LogP) is 1.94. The third-order valence-electron chi connectivity index (χ3n) is 3.69. The summed E-state index contributed by atoms with van der Waals surface area (Å²) < 4.78 is 7.12. The number of carbonyl (C=O) groups is 1. The zero-order chi connectivity index (χ0) is 13.7. The van der Waals surface area contributed by atoms with E-state index in [-0.39, 0.29) is 11.7 Å². The zero-order valence-electron chi connectivity index (χ0n) is 10.9. The number of carbonyl (C=O) groups excluding carboxylic acids is 1. The third kappa shape index (κ3) is 1.57. The molecule has 0 saturated carbocycles. The molecule has 0 saturated heterocycles. The van der Waals surface area contributed by atoms with Crippen LogP contribution in [0.15, 0.2) is 29.0 Å². The Bertz CT molecular complexity index is 804. The molecule has 0 unspecified atom stereocenters. The Hall–Kier alpha value is -2.50. The van der Waals surface area contributed by atoms with Crippen LogP contribution in [0.1, 0.15) is 40.0 Å². The summed E-state index contributed by atoms with van der Waals surface area (Å²) in [6.45, 7) is 1.82. The number of hydrogen-bond acceptors (Lipinski definition) is 5. The third-order valence-corrected chi connectivity index (χ3v) is 3.69. The minimum atomic E-state index is 0.0557. The number of nitrogens with zero attached hydrogens (tertiary/aromatic N) is 4. The molecule has 0 spiro atoms. The van der Waals surface area contributed by atoms with Crippen molar-refractivity contribution in [2.24, 2.45) is 0 Å². The van der Waals surface area contributed by atoms with Crippen LogP contribution >= 0.6 is 0 Å². The van der Waals surface area contributed by atoms with Gasteiger partial charge in [0.15, 0.2) is 5.78 Å². The molecule has 4 rings (SSSR count). The molecule has 1 aliphatic rings. The predicted molar refractivity (Wildman–Crippen MR) is 69.6 cm³/mol. The maximum atomic E-state index is 12.3. The van der Waals surface area contributed by atoms with E-state index in [1.165, 1.54) is 0 Å². The molecule has 6 nitrogen and oxygen atoms in total. The largest absolute Gasteiger partial charge is 0.469 e. The summed E-state index contributed by atoms with van der Waals surface area (Å²) in [6, 6.07) is 3.75. The topological polar surface area (TPSA) is 73.3 Å². The van der Waals surface area contributed by atoms with Gasteiger partial charge in [-0.2, -0.15) is 10.1 Å². The first-order chi connectivity index (χ1) is 9.72. The Morgan fingerprint density at radius 2 is 2.30 bits per heavy atom. The summed E-state index contributed by atoms with van der Waals surface area (Å²) in [5.74, 6) is 2.16. The lowest BCUT2D eigenvalue weighted by atomic mass is 9.85. The van der Waals surface area contributed by atoms with E-state index in [1.54, 1.807) is 17.0 Å². The average molecular weight is 268 g/mol. The van der Waals surface area contributed by atoms with Crippen LogP contribution in [0.4, 0.5) is 0 Å². The highest BCUT2D eigenvalue weighted by Gasteiger charge is 2.30. The lowest BCUT2D eigenvalue weighted by Crippen LogP contribution is -2.22. The van der Waals surface area contributed by atoms with E-state index in [4.69, 9.17) is 4.42 Å².